The molecule has 0 radical (unpaired) electrons. The molecule has 0 atom stereocenters. The number of hydrogen-bond acceptors (Lipinski definition) is 2. The van der Waals surface area contributed by atoms with Crippen LogP contribution >= 0.6 is 0 Å². The van der Waals surface area contributed by atoms with Gasteiger partial charge in [0, 0.05) is 61.3 Å². The summed E-state index contributed by atoms with van der Waals surface area (Å²) in [5, 5.41) is 0. The molecule has 0 aromatic carbocycles. The molecule has 8 heteroatoms. The second kappa shape index (κ2) is 17.9. The first-order chi connectivity index (χ1) is 11.7. The number of rotatable bonds is 6. The number of aromatic nitrogens is 2. The highest BCUT2D eigenvalue weighted by atomic mass is 35.5. The third-order valence-electron chi connectivity index (χ3n) is 3.51. The molecular formula is C20H28Cl2N4O2. The summed E-state index contributed by atoms with van der Waals surface area (Å²) < 4.78 is 4.22. The van der Waals surface area contributed by atoms with Crippen LogP contribution in [0.4, 0.5) is 11.4 Å². The van der Waals surface area contributed by atoms with E-state index in [-0.39, 0.29) is 35.8 Å². The van der Waals surface area contributed by atoms with Crippen molar-refractivity contribution in [2.75, 3.05) is 11.5 Å². The summed E-state index contributed by atoms with van der Waals surface area (Å²) in [6, 6.07) is 7.61. The third-order valence-corrected chi connectivity index (χ3v) is 3.51. The second-order valence-electron chi connectivity index (χ2n) is 5.55. The summed E-state index contributed by atoms with van der Waals surface area (Å²) in [6.07, 6.45) is 11.7. The van der Waals surface area contributed by atoms with Gasteiger partial charge in [-0.3, -0.25) is 0 Å². The maximum atomic E-state index is 5.65. The average molecular weight is 427 g/mol. The van der Waals surface area contributed by atoms with Crippen LogP contribution in [0.2, 0.25) is 0 Å². The van der Waals surface area contributed by atoms with Gasteiger partial charge >= 0.3 is 0 Å². The summed E-state index contributed by atoms with van der Waals surface area (Å²) in [5.41, 5.74) is 12.9. The van der Waals surface area contributed by atoms with E-state index in [0.29, 0.717) is 0 Å². The molecule has 0 unspecified atom stereocenters. The monoisotopic (exact) mass is 426 g/mol. The number of nitrogen functional groups attached to an aromatic ring is 2. The highest BCUT2D eigenvalue weighted by Gasteiger charge is 1.98. The molecule has 2 aromatic heterocycles. The molecular weight excluding hydrogens is 399 g/mol. The Kier molecular flexibility index (Phi) is 19.4. The van der Waals surface area contributed by atoms with Crippen LogP contribution in [0.25, 0.3) is 0 Å². The Balaban J connectivity index is -0.00000156. The largest absolute Gasteiger partial charge is 1.00 e. The van der Waals surface area contributed by atoms with E-state index in [9.17, 15) is 0 Å². The number of pyridine rings is 2. The fourth-order valence-corrected chi connectivity index (χ4v) is 2.15. The van der Waals surface area contributed by atoms with Gasteiger partial charge in [0.1, 0.15) is 13.1 Å². The number of aryl methyl sites for hydroxylation is 2. The van der Waals surface area contributed by atoms with Crippen molar-refractivity contribution in [1.82, 2.24) is 0 Å². The van der Waals surface area contributed by atoms with Gasteiger partial charge in [-0.2, -0.15) is 0 Å². The van der Waals surface area contributed by atoms with Crippen molar-refractivity contribution >= 4 is 11.4 Å². The van der Waals surface area contributed by atoms with Gasteiger partial charge in [0.2, 0.25) is 0 Å². The van der Waals surface area contributed by atoms with E-state index in [2.05, 4.69) is 32.8 Å². The van der Waals surface area contributed by atoms with Crippen LogP contribution in [0.15, 0.2) is 49.1 Å². The Bertz CT molecular complexity index is 694. The lowest BCUT2D eigenvalue weighted by molar-refractivity contribution is -0.697. The van der Waals surface area contributed by atoms with E-state index in [0.717, 1.165) is 50.1 Å². The molecule has 8 N–H and O–H groups in total. The molecule has 0 fully saturated rings. The van der Waals surface area contributed by atoms with Crippen molar-refractivity contribution in [2.24, 2.45) is 0 Å². The topological polar surface area (TPSA) is 123 Å². The van der Waals surface area contributed by atoms with E-state index in [1.165, 1.54) is 0 Å². The molecule has 0 saturated heterocycles. The Labute approximate surface area is 179 Å². The molecule has 6 nitrogen and oxygen atoms in total. The van der Waals surface area contributed by atoms with E-state index >= 15 is 0 Å². The Morgan fingerprint density at radius 1 is 0.643 bits per heavy atom. The molecule has 2 heterocycles. The zero-order chi connectivity index (χ0) is 17.0. The Morgan fingerprint density at radius 2 is 0.964 bits per heavy atom. The number of hydrogen-bond donors (Lipinski definition) is 2. The van der Waals surface area contributed by atoms with Crippen molar-refractivity contribution in [3.63, 3.8) is 0 Å². The predicted octanol–water partition coefficient (Wildman–Crippen LogP) is -5.95. The van der Waals surface area contributed by atoms with Crippen LogP contribution in [0.3, 0.4) is 0 Å². The molecule has 28 heavy (non-hydrogen) atoms. The SMILES string of the molecule is Nc1cc[n+](CCCC#CC#CCCC[n+]2ccc(N)cc2)cc1.O.O.[Cl-].[Cl-]. The van der Waals surface area contributed by atoms with Crippen LogP contribution in [-0.2, 0) is 13.1 Å². The summed E-state index contributed by atoms with van der Waals surface area (Å²) in [6.45, 7) is 1.89. The van der Waals surface area contributed by atoms with Gasteiger partial charge in [0.05, 0.1) is 0 Å². The second-order valence-corrected chi connectivity index (χ2v) is 5.55. The lowest BCUT2D eigenvalue weighted by Crippen LogP contribution is -3.00. The van der Waals surface area contributed by atoms with Gasteiger partial charge in [-0.25, -0.2) is 9.13 Å². The molecule has 0 bridgehead atoms. The van der Waals surface area contributed by atoms with Crippen LogP contribution in [0.1, 0.15) is 25.7 Å². The highest BCUT2D eigenvalue weighted by Crippen LogP contribution is 1.95. The van der Waals surface area contributed by atoms with E-state index in [1.54, 1.807) is 0 Å². The van der Waals surface area contributed by atoms with Gasteiger partial charge in [0.25, 0.3) is 0 Å². The van der Waals surface area contributed by atoms with E-state index < -0.39 is 0 Å². The highest BCUT2D eigenvalue weighted by molar-refractivity contribution is 5.33. The number of anilines is 2. The van der Waals surface area contributed by atoms with Crippen LogP contribution < -0.4 is 45.4 Å². The van der Waals surface area contributed by atoms with E-state index in [4.69, 9.17) is 11.5 Å². The number of nitrogens with two attached hydrogens (primary N) is 2. The van der Waals surface area contributed by atoms with Gasteiger partial charge in [-0.1, -0.05) is 11.8 Å². The number of unbranched alkanes of at least 4 members (excludes halogenated alkanes) is 2. The quantitative estimate of drug-likeness (QED) is 0.271. The summed E-state index contributed by atoms with van der Waals surface area (Å²) >= 11 is 0. The maximum absolute atomic E-state index is 5.65. The Hall–Kier alpha value is -2.48. The first-order valence-electron chi connectivity index (χ1n) is 8.19. The standard InChI is InChI=1S/C20H22N4.2ClH.2H2O/c21-19-9-15-23(16-10-19)13-7-5-3-1-2-4-6-8-14-24-17-11-20(22)12-18-24;;;;/h9-12,15-18,21-22H,5-8,13-14H2;2*1H;2*1H2. The third kappa shape index (κ3) is 12.8. The normalized spacial score (nSPS) is 8.14. The first-order valence-corrected chi connectivity index (χ1v) is 8.19. The van der Waals surface area contributed by atoms with Gasteiger partial charge in [-0.15, -0.1) is 0 Å². The zero-order valence-electron chi connectivity index (χ0n) is 15.7. The van der Waals surface area contributed by atoms with Crippen molar-refractivity contribution in [3.8, 4) is 23.7 Å². The maximum Gasteiger partial charge on any atom is 0.170 e. The summed E-state index contributed by atoms with van der Waals surface area (Å²) in [7, 11) is 0. The number of halogens is 2. The molecule has 0 aliphatic carbocycles. The zero-order valence-corrected chi connectivity index (χ0v) is 17.2. The van der Waals surface area contributed by atoms with Crippen LogP contribution in [0.5, 0.6) is 0 Å². The van der Waals surface area contributed by atoms with E-state index in [1.807, 2.05) is 49.1 Å². The molecule has 0 spiro atoms. The molecule has 154 valence electrons. The predicted molar refractivity (Wildman–Crippen MR) is 103 cm³/mol. The van der Waals surface area contributed by atoms with Gasteiger partial charge in [-0.05, 0) is 11.8 Å². The van der Waals surface area contributed by atoms with Crippen molar-refractivity contribution in [2.45, 2.75) is 38.8 Å². The molecule has 2 rings (SSSR count). The lowest BCUT2D eigenvalue weighted by Gasteiger charge is -1.94. The molecule has 0 saturated carbocycles. The summed E-state index contributed by atoms with van der Waals surface area (Å²) in [5.74, 6) is 12.0. The van der Waals surface area contributed by atoms with Crippen molar-refractivity contribution < 1.29 is 44.9 Å². The molecule has 2 aromatic rings. The fraction of sp³-hybridized carbons (Fsp3) is 0.300. The van der Waals surface area contributed by atoms with Gasteiger partial charge < -0.3 is 47.2 Å². The lowest BCUT2D eigenvalue weighted by atomic mass is 10.3. The Morgan fingerprint density at radius 3 is 1.29 bits per heavy atom. The molecule has 0 aliphatic heterocycles. The van der Waals surface area contributed by atoms with Gasteiger partial charge in [0.15, 0.2) is 24.8 Å². The molecule has 0 amide bonds. The van der Waals surface area contributed by atoms with Crippen LogP contribution in [0, 0.1) is 23.7 Å². The molecule has 0 aliphatic rings. The van der Waals surface area contributed by atoms with Crippen molar-refractivity contribution in [1.29, 1.82) is 0 Å². The average Bonchev–Trinajstić information content (AvgIpc) is 2.60. The number of nitrogens with zero attached hydrogens (tertiary/aromatic N) is 2. The minimum absolute atomic E-state index is 0. The summed E-state index contributed by atoms with van der Waals surface area (Å²) in [4.78, 5) is 0. The minimum Gasteiger partial charge on any atom is -1.00 e. The minimum atomic E-state index is 0. The smallest absolute Gasteiger partial charge is 0.170 e. The van der Waals surface area contributed by atoms with Crippen LogP contribution in [-0.4, -0.2) is 11.0 Å². The fourth-order valence-electron chi connectivity index (χ4n) is 2.15. The first kappa shape index (κ1) is 30.3. The van der Waals surface area contributed by atoms with Crippen molar-refractivity contribution in [3.05, 3.63) is 49.1 Å².